The van der Waals surface area contributed by atoms with Crippen LogP contribution < -0.4 is 5.32 Å². The zero-order valence-corrected chi connectivity index (χ0v) is 20.3. The van der Waals surface area contributed by atoms with Gasteiger partial charge in [0.05, 0.1) is 11.3 Å². The molecule has 3 aliphatic carbocycles. The van der Waals surface area contributed by atoms with E-state index in [1.165, 1.54) is 11.3 Å². The molecule has 5 rings (SSSR count). The molecule has 1 N–H and O–H groups in total. The first-order chi connectivity index (χ1) is 15.7. The summed E-state index contributed by atoms with van der Waals surface area (Å²) < 4.78 is 0. The molecule has 3 fully saturated rings. The van der Waals surface area contributed by atoms with E-state index in [0.29, 0.717) is 35.4 Å². The van der Waals surface area contributed by atoms with Crippen LogP contribution in [0, 0.1) is 45.8 Å². The summed E-state index contributed by atoms with van der Waals surface area (Å²) in [5.74, 6) is 1.96. The average molecular weight is 446 g/mol. The van der Waals surface area contributed by atoms with Crippen molar-refractivity contribution < 1.29 is 9.59 Å². The molecule has 5 heteroatoms. The summed E-state index contributed by atoms with van der Waals surface area (Å²) in [4.78, 5) is 27.9. The van der Waals surface area contributed by atoms with Crippen molar-refractivity contribution in [3.63, 3.8) is 0 Å². The number of hydrogen-bond donors (Lipinski definition) is 1. The summed E-state index contributed by atoms with van der Waals surface area (Å²) in [6.07, 6.45) is 6.79. The zero-order chi connectivity index (χ0) is 23.5. The van der Waals surface area contributed by atoms with Crippen LogP contribution in [0.3, 0.4) is 0 Å². The molecule has 0 spiro atoms. The number of fused-ring (bicyclic) bond motifs is 5. The Morgan fingerprint density at radius 2 is 1.91 bits per heavy atom. The second-order valence-corrected chi connectivity index (χ2v) is 11.4. The Labute approximate surface area is 197 Å². The molecule has 0 bridgehead atoms. The van der Waals surface area contributed by atoms with Crippen LogP contribution in [0.15, 0.2) is 35.5 Å². The fraction of sp³-hybridized carbons (Fsp3) is 0.607. The van der Waals surface area contributed by atoms with Crippen LogP contribution >= 0.6 is 0 Å². The molecule has 1 saturated heterocycles. The van der Waals surface area contributed by atoms with Crippen molar-refractivity contribution >= 4 is 17.5 Å². The molecule has 1 unspecified atom stereocenters. The molecule has 5 nitrogen and oxygen atoms in total. The fourth-order valence-electron chi connectivity index (χ4n) is 8.45. The lowest BCUT2D eigenvalue weighted by atomic mass is 9.48. The second kappa shape index (κ2) is 7.72. The number of carbonyl (C=O) groups is 2. The maximum atomic E-state index is 13.5. The molecular formula is C28H35N3O2. The van der Waals surface area contributed by atoms with Gasteiger partial charge in [0.15, 0.2) is 0 Å². The van der Waals surface area contributed by atoms with Gasteiger partial charge in [0, 0.05) is 30.5 Å². The summed E-state index contributed by atoms with van der Waals surface area (Å²) in [6, 6.07) is 9.45. The number of nitriles is 1. The largest absolute Gasteiger partial charge is 0.325 e. The molecule has 1 aliphatic heterocycles. The number of allylic oxidation sites excluding steroid dienone is 2. The van der Waals surface area contributed by atoms with Crippen LogP contribution in [0.4, 0.5) is 5.69 Å². The van der Waals surface area contributed by atoms with Gasteiger partial charge in [-0.3, -0.25) is 9.59 Å². The molecule has 4 aliphatic rings. The van der Waals surface area contributed by atoms with E-state index in [1.54, 1.807) is 6.07 Å². The minimum atomic E-state index is -0.0238. The summed E-state index contributed by atoms with van der Waals surface area (Å²) in [5.41, 5.74) is 3.83. The molecule has 1 aromatic rings. The maximum absolute atomic E-state index is 13.5. The maximum Gasteiger partial charge on any atom is 0.228 e. The molecule has 2 saturated carbocycles. The van der Waals surface area contributed by atoms with E-state index in [0.717, 1.165) is 38.5 Å². The Morgan fingerprint density at radius 3 is 2.67 bits per heavy atom. The number of anilines is 1. The summed E-state index contributed by atoms with van der Waals surface area (Å²) in [7, 11) is 1.96. The van der Waals surface area contributed by atoms with Crippen LogP contribution in [-0.4, -0.2) is 23.8 Å². The molecule has 1 aromatic carbocycles. The monoisotopic (exact) mass is 445 g/mol. The van der Waals surface area contributed by atoms with Gasteiger partial charge in [-0.15, -0.1) is 0 Å². The van der Waals surface area contributed by atoms with Crippen LogP contribution in [0.1, 0.15) is 71.3 Å². The molecule has 1 heterocycles. The molecule has 2 amide bonds. The van der Waals surface area contributed by atoms with Crippen LogP contribution in [-0.2, 0) is 9.59 Å². The van der Waals surface area contributed by atoms with Gasteiger partial charge in [0.2, 0.25) is 11.8 Å². The normalized spacial score (nSPS) is 37.7. The highest BCUT2D eigenvalue weighted by Crippen LogP contribution is 2.66. The lowest BCUT2D eigenvalue weighted by Gasteiger charge is -2.59. The van der Waals surface area contributed by atoms with Crippen LogP contribution in [0.5, 0.6) is 0 Å². The Hall–Kier alpha value is -2.61. The molecule has 33 heavy (non-hydrogen) atoms. The summed E-state index contributed by atoms with van der Waals surface area (Å²) in [6.45, 7) is 6.96. The molecule has 6 atom stereocenters. The van der Waals surface area contributed by atoms with Crippen molar-refractivity contribution in [1.29, 1.82) is 5.26 Å². The van der Waals surface area contributed by atoms with Crippen molar-refractivity contribution in [2.24, 2.45) is 34.5 Å². The van der Waals surface area contributed by atoms with Gasteiger partial charge in [-0.05, 0) is 80.8 Å². The first kappa shape index (κ1) is 22.2. The van der Waals surface area contributed by atoms with Gasteiger partial charge >= 0.3 is 0 Å². The first-order valence-electron chi connectivity index (χ1n) is 12.5. The van der Waals surface area contributed by atoms with E-state index >= 15 is 0 Å². The van der Waals surface area contributed by atoms with Gasteiger partial charge in [-0.25, -0.2) is 0 Å². The van der Waals surface area contributed by atoms with E-state index in [4.69, 9.17) is 0 Å². The predicted octanol–water partition coefficient (Wildman–Crippen LogP) is 5.49. The Morgan fingerprint density at radius 1 is 1.15 bits per heavy atom. The third-order valence-corrected chi connectivity index (χ3v) is 9.93. The number of nitrogens with one attached hydrogen (secondary N) is 1. The Bertz CT molecular complexity index is 1080. The van der Waals surface area contributed by atoms with E-state index in [2.05, 4.69) is 32.2 Å². The molecule has 0 aromatic heterocycles. The number of nitrogens with zero attached hydrogens (tertiary/aromatic N) is 2. The number of benzene rings is 1. The first-order valence-corrected chi connectivity index (χ1v) is 12.5. The van der Waals surface area contributed by atoms with Gasteiger partial charge in [-0.2, -0.15) is 5.26 Å². The van der Waals surface area contributed by atoms with Gasteiger partial charge in [-0.1, -0.05) is 31.6 Å². The Balaban J connectivity index is 1.42. The van der Waals surface area contributed by atoms with Crippen molar-refractivity contribution in [3.05, 3.63) is 41.1 Å². The number of rotatable bonds is 2. The SMILES string of the molecule is CC1=C2N(C)C(=O)CC[C@]2(C)[C@@H]2CC[C@]3(C)C(C(=O)Nc4ccccc4C#N)CC[C@H]3[C@@H]2C1. The summed E-state index contributed by atoms with van der Waals surface area (Å²) >= 11 is 0. The number of amides is 2. The average Bonchev–Trinajstić information content (AvgIpc) is 3.14. The third kappa shape index (κ3) is 3.17. The topological polar surface area (TPSA) is 73.2 Å². The number of para-hydroxylation sites is 1. The van der Waals surface area contributed by atoms with E-state index in [1.807, 2.05) is 30.1 Å². The van der Waals surface area contributed by atoms with E-state index in [9.17, 15) is 14.9 Å². The standard InChI is InChI=1S/C28H35N3O2/c1-17-15-19-20-9-10-22(26(33)30-23-8-6-5-7-18(23)16-29)27(20,2)13-11-21(19)28(3)14-12-24(32)31(4)25(17)28/h5-8,19-22H,9-15H2,1-4H3,(H,30,33)/t19-,20-,21+,22?,27-,28+/m0/s1. The van der Waals surface area contributed by atoms with Crippen molar-refractivity contribution in [3.8, 4) is 6.07 Å². The molecule has 0 radical (unpaired) electrons. The fourth-order valence-corrected chi connectivity index (χ4v) is 8.45. The van der Waals surface area contributed by atoms with Gasteiger partial charge < -0.3 is 10.2 Å². The second-order valence-electron chi connectivity index (χ2n) is 11.4. The van der Waals surface area contributed by atoms with Crippen molar-refractivity contribution in [2.75, 3.05) is 12.4 Å². The van der Waals surface area contributed by atoms with Gasteiger partial charge in [0.1, 0.15) is 6.07 Å². The van der Waals surface area contributed by atoms with Crippen LogP contribution in [0.25, 0.3) is 0 Å². The minimum Gasteiger partial charge on any atom is -0.325 e. The van der Waals surface area contributed by atoms with Gasteiger partial charge in [0.25, 0.3) is 0 Å². The molecule has 174 valence electrons. The number of hydrogen-bond acceptors (Lipinski definition) is 3. The minimum absolute atomic E-state index is 0.0165. The Kier molecular flexibility index (Phi) is 5.19. The lowest BCUT2D eigenvalue weighted by molar-refractivity contribution is -0.137. The zero-order valence-electron chi connectivity index (χ0n) is 20.3. The quantitative estimate of drug-likeness (QED) is 0.654. The van der Waals surface area contributed by atoms with Crippen molar-refractivity contribution in [1.82, 2.24) is 4.90 Å². The van der Waals surface area contributed by atoms with E-state index in [-0.39, 0.29) is 28.6 Å². The van der Waals surface area contributed by atoms with Crippen molar-refractivity contribution in [2.45, 2.75) is 65.7 Å². The highest BCUT2D eigenvalue weighted by atomic mass is 16.2. The highest BCUT2D eigenvalue weighted by molar-refractivity contribution is 5.94. The molecular weight excluding hydrogens is 410 g/mol. The predicted molar refractivity (Wildman–Crippen MR) is 128 cm³/mol. The third-order valence-electron chi connectivity index (χ3n) is 9.93. The number of piperidine rings is 1. The highest BCUT2D eigenvalue weighted by Gasteiger charge is 2.61. The number of likely N-dealkylation sites (tertiary alicyclic amines) is 1. The smallest absolute Gasteiger partial charge is 0.228 e. The van der Waals surface area contributed by atoms with Crippen LogP contribution in [0.2, 0.25) is 0 Å². The lowest BCUT2D eigenvalue weighted by Crippen LogP contribution is -2.54. The number of carbonyl (C=O) groups excluding carboxylic acids is 2. The van der Waals surface area contributed by atoms with E-state index < -0.39 is 0 Å². The summed E-state index contributed by atoms with van der Waals surface area (Å²) in [5, 5.41) is 12.5.